The third-order valence-electron chi connectivity index (χ3n) is 4.31. The summed E-state index contributed by atoms with van der Waals surface area (Å²) in [6.07, 6.45) is 1.80. The first kappa shape index (κ1) is 15.5. The summed E-state index contributed by atoms with van der Waals surface area (Å²) in [6, 6.07) is 7.56. The molecule has 0 radical (unpaired) electrons. The van der Waals surface area contributed by atoms with Crippen molar-refractivity contribution in [3.8, 4) is 11.6 Å². The molecule has 2 atom stereocenters. The Hall–Kier alpha value is -2.02. The van der Waals surface area contributed by atoms with Gasteiger partial charge in [0.25, 0.3) is 5.91 Å². The van der Waals surface area contributed by atoms with E-state index in [1.54, 1.807) is 10.7 Å². The van der Waals surface area contributed by atoms with E-state index in [1.165, 1.54) is 0 Å². The monoisotopic (exact) mass is 391 g/mol. The maximum Gasteiger partial charge on any atom is 0.272 e. The summed E-state index contributed by atoms with van der Waals surface area (Å²) in [7, 11) is 0. The zero-order valence-corrected chi connectivity index (χ0v) is 14.9. The Kier molecular flexibility index (Phi) is 3.96. The summed E-state index contributed by atoms with van der Waals surface area (Å²) >= 11 is 3.47. The van der Waals surface area contributed by atoms with Crippen LogP contribution >= 0.6 is 15.9 Å². The summed E-state index contributed by atoms with van der Waals surface area (Å²) in [5.74, 6) is 1.34. The summed E-state index contributed by atoms with van der Waals surface area (Å²) in [5.41, 5.74) is 1.47. The van der Waals surface area contributed by atoms with Gasteiger partial charge in [-0.1, -0.05) is 15.9 Å². The van der Waals surface area contributed by atoms with Gasteiger partial charge in [-0.2, -0.15) is 5.10 Å². The average Bonchev–Trinajstić information content (AvgIpc) is 2.97. The molecule has 1 aromatic carbocycles. The number of hydrogen-bond acceptors (Lipinski definition) is 4. The van der Waals surface area contributed by atoms with Crippen LogP contribution in [0.1, 0.15) is 29.4 Å². The van der Waals surface area contributed by atoms with Gasteiger partial charge in [0.1, 0.15) is 12.4 Å². The van der Waals surface area contributed by atoms with E-state index in [2.05, 4.69) is 26.3 Å². The lowest BCUT2D eigenvalue weighted by Gasteiger charge is -2.26. The van der Waals surface area contributed by atoms with Crippen LogP contribution in [0.15, 0.2) is 28.7 Å². The number of aryl methyl sites for hydroxylation is 1. The Labute approximate surface area is 148 Å². The second-order valence-electron chi connectivity index (χ2n) is 6.25. The molecule has 2 aromatic rings. The third kappa shape index (κ3) is 3.00. The van der Waals surface area contributed by atoms with Crippen LogP contribution in [0.2, 0.25) is 0 Å². The highest BCUT2D eigenvalue weighted by atomic mass is 79.9. The van der Waals surface area contributed by atoms with Crippen molar-refractivity contribution < 1.29 is 14.3 Å². The maximum absolute atomic E-state index is 12.5. The molecule has 126 valence electrons. The number of ether oxygens (including phenoxy) is 2. The molecule has 1 amide bonds. The fourth-order valence-electron chi connectivity index (χ4n) is 3.05. The molecule has 0 saturated heterocycles. The number of carbonyl (C=O) groups excluding carboxylic acids is 1. The first-order valence-corrected chi connectivity index (χ1v) is 8.84. The zero-order chi connectivity index (χ0) is 16.7. The molecule has 0 fully saturated rings. The van der Waals surface area contributed by atoms with Crippen LogP contribution in [0, 0.1) is 0 Å². The molecule has 1 aromatic heterocycles. The van der Waals surface area contributed by atoms with Gasteiger partial charge in [0.15, 0.2) is 5.69 Å². The van der Waals surface area contributed by atoms with Gasteiger partial charge in [-0.25, -0.2) is 4.68 Å². The molecule has 0 spiro atoms. The number of hydrogen-bond donors (Lipinski definition) is 1. The Balaban J connectivity index is 1.45. The number of rotatable bonds is 2. The van der Waals surface area contributed by atoms with E-state index in [-0.39, 0.29) is 18.1 Å². The van der Waals surface area contributed by atoms with E-state index in [4.69, 9.17) is 9.47 Å². The van der Waals surface area contributed by atoms with E-state index < -0.39 is 0 Å². The highest BCUT2D eigenvalue weighted by Gasteiger charge is 2.25. The largest absolute Gasteiger partial charge is 0.491 e. The summed E-state index contributed by atoms with van der Waals surface area (Å²) in [4.78, 5) is 12.5. The van der Waals surface area contributed by atoms with Crippen LogP contribution in [0.3, 0.4) is 0 Å². The minimum Gasteiger partial charge on any atom is -0.491 e. The van der Waals surface area contributed by atoms with Gasteiger partial charge in [-0.15, -0.1) is 0 Å². The minimum absolute atomic E-state index is 0.0714. The molecule has 0 unspecified atom stereocenters. The first-order valence-electron chi connectivity index (χ1n) is 8.05. The Bertz CT molecular complexity index is 789. The van der Waals surface area contributed by atoms with Crippen molar-refractivity contribution in [2.45, 2.75) is 38.5 Å². The lowest BCUT2D eigenvalue weighted by atomic mass is 10.0. The number of aromatic nitrogens is 2. The molecule has 24 heavy (non-hydrogen) atoms. The molecular weight excluding hydrogens is 374 g/mol. The number of nitrogens with one attached hydrogen (secondary N) is 1. The first-order chi connectivity index (χ1) is 11.6. The van der Waals surface area contributed by atoms with E-state index in [1.807, 2.05) is 25.1 Å². The van der Waals surface area contributed by atoms with E-state index in [0.29, 0.717) is 18.2 Å². The number of halogens is 1. The smallest absolute Gasteiger partial charge is 0.272 e. The van der Waals surface area contributed by atoms with Crippen LogP contribution < -0.4 is 14.8 Å². The molecule has 3 heterocycles. The molecule has 7 heteroatoms. The van der Waals surface area contributed by atoms with Gasteiger partial charge < -0.3 is 14.8 Å². The Morgan fingerprint density at radius 3 is 3.17 bits per heavy atom. The minimum atomic E-state index is -0.194. The van der Waals surface area contributed by atoms with Crippen LogP contribution in [0.25, 0.3) is 0 Å². The van der Waals surface area contributed by atoms with Crippen LogP contribution in [0.5, 0.6) is 11.6 Å². The molecular formula is C17H18BrN3O3. The number of nitrogens with zero attached hydrogens (tertiary/aromatic N) is 2. The SMILES string of the molecule is C[C@H]1CCn2nc(C(=O)N[C@H]3COc4ccc(Br)cc4C3)cc2O1. The lowest BCUT2D eigenvalue weighted by molar-refractivity contribution is 0.0909. The highest BCUT2D eigenvalue weighted by Crippen LogP contribution is 2.28. The second-order valence-corrected chi connectivity index (χ2v) is 7.16. The van der Waals surface area contributed by atoms with Crippen molar-refractivity contribution in [3.63, 3.8) is 0 Å². The van der Waals surface area contributed by atoms with Gasteiger partial charge in [-0.3, -0.25) is 4.79 Å². The van der Waals surface area contributed by atoms with Crippen molar-refractivity contribution in [1.29, 1.82) is 0 Å². The topological polar surface area (TPSA) is 65.4 Å². The lowest BCUT2D eigenvalue weighted by Crippen LogP contribution is -2.42. The number of benzene rings is 1. The molecule has 0 saturated carbocycles. The van der Waals surface area contributed by atoms with Gasteiger partial charge in [0, 0.05) is 23.5 Å². The molecule has 0 aliphatic carbocycles. The zero-order valence-electron chi connectivity index (χ0n) is 13.3. The Morgan fingerprint density at radius 2 is 2.29 bits per heavy atom. The van der Waals surface area contributed by atoms with Crippen LogP contribution in [0.4, 0.5) is 0 Å². The van der Waals surface area contributed by atoms with E-state index >= 15 is 0 Å². The fraction of sp³-hybridized carbons (Fsp3) is 0.412. The number of fused-ring (bicyclic) bond motifs is 2. The van der Waals surface area contributed by atoms with E-state index in [9.17, 15) is 4.79 Å². The predicted octanol–water partition coefficient (Wildman–Crippen LogP) is 2.55. The second kappa shape index (κ2) is 6.12. The van der Waals surface area contributed by atoms with Crippen molar-refractivity contribution >= 4 is 21.8 Å². The van der Waals surface area contributed by atoms with E-state index in [0.717, 1.165) is 35.2 Å². The van der Waals surface area contributed by atoms with Crippen LogP contribution in [-0.2, 0) is 13.0 Å². The van der Waals surface area contributed by atoms with Gasteiger partial charge in [-0.05, 0) is 37.1 Å². The maximum atomic E-state index is 12.5. The normalized spacial score (nSPS) is 21.9. The standard InChI is InChI=1S/C17H18BrN3O3/c1-10-4-5-21-16(24-10)8-14(20-21)17(22)19-13-7-11-6-12(18)2-3-15(11)23-9-13/h2-3,6,8,10,13H,4-5,7,9H2,1H3,(H,19,22)/t10-,13+/m0/s1. The van der Waals surface area contributed by atoms with Gasteiger partial charge >= 0.3 is 0 Å². The highest BCUT2D eigenvalue weighted by molar-refractivity contribution is 9.10. The summed E-state index contributed by atoms with van der Waals surface area (Å²) in [5, 5.41) is 7.35. The Morgan fingerprint density at radius 1 is 1.42 bits per heavy atom. The summed E-state index contributed by atoms with van der Waals surface area (Å²) in [6.45, 7) is 3.25. The molecule has 0 bridgehead atoms. The van der Waals surface area contributed by atoms with Crippen LogP contribution in [-0.4, -0.2) is 34.4 Å². The van der Waals surface area contributed by atoms with Crippen molar-refractivity contribution in [1.82, 2.24) is 15.1 Å². The van der Waals surface area contributed by atoms with Crippen molar-refractivity contribution in [2.75, 3.05) is 6.61 Å². The molecule has 2 aliphatic rings. The average molecular weight is 392 g/mol. The predicted molar refractivity (Wildman–Crippen MR) is 91.5 cm³/mol. The number of amides is 1. The fourth-order valence-corrected chi connectivity index (χ4v) is 3.46. The number of carbonyl (C=O) groups is 1. The molecule has 1 N–H and O–H groups in total. The third-order valence-corrected chi connectivity index (χ3v) is 4.80. The molecule has 2 aliphatic heterocycles. The van der Waals surface area contributed by atoms with Crippen molar-refractivity contribution in [2.24, 2.45) is 0 Å². The van der Waals surface area contributed by atoms with Gasteiger partial charge in [0.05, 0.1) is 12.1 Å². The molecule has 4 rings (SSSR count). The quantitative estimate of drug-likeness (QED) is 0.853. The van der Waals surface area contributed by atoms with Crippen molar-refractivity contribution in [3.05, 3.63) is 40.0 Å². The van der Waals surface area contributed by atoms with Gasteiger partial charge in [0.2, 0.25) is 5.88 Å². The molecule has 6 nitrogen and oxygen atoms in total. The summed E-state index contributed by atoms with van der Waals surface area (Å²) < 4.78 is 14.2.